The molecule has 0 amide bonds. The number of nitrogens with one attached hydrogen (secondary N) is 1. The molecule has 2 atom stereocenters. The van der Waals surface area contributed by atoms with Crippen LogP contribution in [0.1, 0.15) is 23.6 Å². The molecule has 0 spiro atoms. The van der Waals surface area contributed by atoms with E-state index >= 15 is 0 Å². The van der Waals surface area contributed by atoms with E-state index in [0.717, 1.165) is 16.5 Å². The van der Waals surface area contributed by atoms with Gasteiger partial charge in [-0.25, -0.2) is 14.4 Å². The number of hydrogen-bond acceptors (Lipinski definition) is 5. The van der Waals surface area contributed by atoms with Crippen LogP contribution in [-0.4, -0.2) is 27.6 Å². The summed E-state index contributed by atoms with van der Waals surface area (Å²) in [7, 11) is 0. The Morgan fingerprint density at radius 3 is 2.96 bits per heavy atom. The molecule has 118 valence electrons. The third-order valence-electron chi connectivity index (χ3n) is 3.79. The number of ether oxygens (including phenoxy) is 1. The number of aromatic nitrogens is 3. The molecule has 0 saturated carbocycles. The minimum Gasteiger partial charge on any atom is -0.360 e. The standard InChI is InChI=1S/C16H15FN4OS/c17-12-3-1-2-11(8-12)13-9-18-10-14(22-13)15-19-4-6-21(15)16-20-5-7-23-16/h1-8,13-14,18H,9-10H2. The molecule has 0 aliphatic carbocycles. The molecule has 1 aliphatic rings. The van der Waals surface area contributed by atoms with E-state index in [9.17, 15) is 4.39 Å². The summed E-state index contributed by atoms with van der Waals surface area (Å²) in [5, 5.41) is 6.13. The number of benzene rings is 1. The summed E-state index contributed by atoms with van der Waals surface area (Å²) in [5.41, 5.74) is 0.828. The predicted molar refractivity (Wildman–Crippen MR) is 85.1 cm³/mol. The molecule has 0 radical (unpaired) electrons. The molecule has 2 aromatic heterocycles. The van der Waals surface area contributed by atoms with Crippen LogP contribution in [0.4, 0.5) is 4.39 Å². The highest BCUT2D eigenvalue weighted by molar-refractivity contribution is 7.12. The van der Waals surface area contributed by atoms with Gasteiger partial charge in [0.05, 0.1) is 6.10 Å². The Hall–Kier alpha value is -2.09. The van der Waals surface area contributed by atoms with Crippen molar-refractivity contribution in [3.8, 4) is 5.13 Å². The molecule has 23 heavy (non-hydrogen) atoms. The van der Waals surface area contributed by atoms with Crippen molar-refractivity contribution in [1.82, 2.24) is 19.9 Å². The Bertz CT molecular complexity index is 789. The Kier molecular flexibility index (Phi) is 3.90. The second-order valence-corrected chi connectivity index (χ2v) is 6.17. The zero-order chi connectivity index (χ0) is 15.6. The Morgan fingerprint density at radius 2 is 2.13 bits per heavy atom. The van der Waals surface area contributed by atoms with Crippen molar-refractivity contribution in [1.29, 1.82) is 0 Å². The maximum atomic E-state index is 13.4. The first-order chi connectivity index (χ1) is 11.3. The van der Waals surface area contributed by atoms with Crippen molar-refractivity contribution < 1.29 is 9.13 Å². The van der Waals surface area contributed by atoms with Crippen LogP contribution >= 0.6 is 11.3 Å². The van der Waals surface area contributed by atoms with Crippen molar-refractivity contribution in [3.05, 3.63) is 65.4 Å². The molecule has 1 fully saturated rings. The average molecular weight is 330 g/mol. The third-order valence-corrected chi connectivity index (χ3v) is 4.56. The fourth-order valence-electron chi connectivity index (χ4n) is 2.75. The van der Waals surface area contributed by atoms with Gasteiger partial charge in [-0.15, -0.1) is 11.3 Å². The SMILES string of the molecule is Fc1cccc(C2CNCC(c3nccn3-c3nccs3)O2)c1. The zero-order valence-corrected chi connectivity index (χ0v) is 13.0. The van der Waals surface area contributed by atoms with Crippen LogP contribution in [0.2, 0.25) is 0 Å². The number of rotatable bonds is 3. The highest BCUT2D eigenvalue weighted by atomic mass is 32.1. The number of halogens is 1. The Morgan fingerprint density at radius 1 is 1.22 bits per heavy atom. The van der Waals surface area contributed by atoms with Gasteiger partial charge >= 0.3 is 0 Å². The van der Waals surface area contributed by atoms with Gasteiger partial charge in [-0.1, -0.05) is 12.1 Å². The minimum absolute atomic E-state index is 0.203. The van der Waals surface area contributed by atoms with Crippen LogP contribution in [0, 0.1) is 5.82 Å². The van der Waals surface area contributed by atoms with Gasteiger partial charge in [0.25, 0.3) is 0 Å². The monoisotopic (exact) mass is 330 g/mol. The lowest BCUT2D eigenvalue weighted by Crippen LogP contribution is -2.37. The average Bonchev–Trinajstić information content (AvgIpc) is 3.26. The molecule has 1 aromatic carbocycles. The van der Waals surface area contributed by atoms with E-state index in [1.807, 2.05) is 22.2 Å². The van der Waals surface area contributed by atoms with E-state index in [1.165, 1.54) is 12.1 Å². The summed E-state index contributed by atoms with van der Waals surface area (Å²) in [6.07, 6.45) is 4.97. The normalized spacial score (nSPS) is 21.4. The molecule has 7 heteroatoms. The van der Waals surface area contributed by atoms with Crippen LogP contribution in [0.5, 0.6) is 0 Å². The summed E-state index contributed by atoms with van der Waals surface area (Å²) < 4.78 is 21.6. The van der Waals surface area contributed by atoms with Crippen LogP contribution in [0.15, 0.2) is 48.2 Å². The van der Waals surface area contributed by atoms with Gasteiger partial charge in [0, 0.05) is 37.1 Å². The molecule has 1 aliphatic heterocycles. The number of hydrogen-bond donors (Lipinski definition) is 1. The largest absolute Gasteiger partial charge is 0.360 e. The lowest BCUT2D eigenvalue weighted by atomic mass is 10.1. The first kappa shape index (κ1) is 14.5. The summed E-state index contributed by atoms with van der Waals surface area (Å²) >= 11 is 1.54. The summed E-state index contributed by atoms with van der Waals surface area (Å²) in [4.78, 5) is 8.75. The summed E-state index contributed by atoms with van der Waals surface area (Å²) in [6, 6.07) is 6.54. The molecule has 3 aromatic rings. The third kappa shape index (κ3) is 2.90. The number of morpholine rings is 1. The molecule has 5 nitrogen and oxygen atoms in total. The van der Waals surface area contributed by atoms with Gasteiger partial charge < -0.3 is 10.1 Å². The Labute approximate surface area is 136 Å². The highest BCUT2D eigenvalue weighted by Gasteiger charge is 2.28. The highest BCUT2D eigenvalue weighted by Crippen LogP contribution is 2.30. The maximum Gasteiger partial charge on any atom is 0.195 e. The fourth-order valence-corrected chi connectivity index (χ4v) is 3.38. The lowest BCUT2D eigenvalue weighted by molar-refractivity contribution is -0.0456. The lowest BCUT2D eigenvalue weighted by Gasteiger charge is -2.31. The first-order valence-electron chi connectivity index (χ1n) is 7.36. The van der Waals surface area contributed by atoms with Crippen molar-refractivity contribution in [2.75, 3.05) is 13.1 Å². The van der Waals surface area contributed by atoms with Crippen molar-refractivity contribution in [2.24, 2.45) is 0 Å². The predicted octanol–water partition coefficient (Wildman–Crippen LogP) is 2.87. The number of thiazole rings is 1. The molecule has 0 bridgehead atoms. The second-order valence-electron chi connectivity index (χ2n) is 5.30. The van der Waals surface area contributed by atoms with Gasteiger partial charge in [-0.05, 0) is 17.7 Å². The van der Waals surface area contributed by atoms with E-state index in [0.29, 0.717) is 13.1 Å². The van der Waals surface area contributed by atoms with Gasteiger partial charge in [-0.3, -0.25) is 4.57 Å². The van der Waals surface area contributed by atoms with Gasteiger partial charge in [-0.2, -0.15) is 0 Å². The summed E-state index contributed by atoms with van der Waals surface area (Å²) in [5.74, 6) is 0.547. The van der Waals surface area contributed by atoms with E-state index < -0.39 is 0 Å². The topological polar surface area (TPSA) is 52.0 Å². The fraction of sp³-hybridized carbons (Fsp3) is 0.250. The van der Waals surface area contributed by atoms with Crippen LogP contribution in [0.3, 0.4) is 0 Å². The molecule has 1 N–H and O–H groups in total. The second kappa shape index (κ2) is 6.19. The van der Waals surface area contributed by atoms with Crippen molar-refractivity contribution in [2.45, 2.75) is 12.2 Å². The van der Waals surface area contributed by atoms with Crippen LogP contribution < -0.4 is 5.32 Å². The Balaban J connectivity index is 1.60. The molecule has 3 heterocycles. The van der Waals surface area contributed by atoms with E-state index in [2.05, 4.69) is 15.3 Å². The quantitative estimate of drug-likeness (QED) is 0.802. The summed E-state index contributed by atoms with van der Waals surface area (Å²) in [6.45, 7) is 1.31. The van der Waals surface area contributed by atoms with Crippen LogP contribution in [-0.2, 0) is 4.74 Å². The van der Waals surface area contributed by atoms with Gasteiger partial charge in [0.1, 0.15) is 17.7 Å². The van der Waals surface area contributed by atoms with Gasteiger partial charge in [0.15, 0.2) is 5.13 Å². The zero-order valence-electron chi connectivity index (χ0n) is 12.2. The smallest absolute Gasteiger partial charge is 0.195 e. The van der Waals surface area contributed by atoms with E-state index in [1.54, 1.807) is 29.8 Å². The molecule has 2 unspecified atom stereocenters. The van der Waals surface area contributed by atoms with Crippen molar-refractivity contribution in [3.63, 3.8) is 0 Å². The number of imidazole rings is 1. The molecule has 1 saturated heterocycles. The first-order valence-corrected chi connectivity index (χ1v) is 8.24. The van der Waals surface area contributed by atoms with Gasteiger partial charge in [0.2, 0.25) is 0 Å². The van der Waals surface area contributed by atoms with E-state index in [4.69, 9.17) is 4.74 Å². The van der Waals surface area contributed by atoms with Crippen molar-refractivity contribution >= 4 is 11.3 Å². The maximum absolute atomic E-state index is 13.4. The molecule has 4 rings (SSSR count). The van der Waals surface area contributed by atoms with E-state index in [-0.39, 0.29) is 18.0 Å². The number of nitrogens with zero attached hydrogens (tertiary/aromatic N) is 3. The minimum atomic E-state index is -0.252. The molecular formula is C16H15FN4OS. The molecular weight excluding hydrogens is 315 g/mol. The van der Waals surface area contributed by atoms with Crippen LogP contribution in [0.25, 0.3) is 5.13 Å².